The Kier molecular flexibility index (Phi) is 4.56. The molecular weight excluding hydrogens is 261 g/mol. The van der Waals surface area contributed by atoms with Crippen LogP contribution < -0.4 is 5.73 Å². The molecule has 0 bridgehead atoms. The Bertz CT molecular complexity index is 568. The first-order valence-electron chi connectivity index (χ1n) is 6.30. The van der Waals surface area contributed by atoms with Crippen LogP contribution in [-0.4, -0.2) is 6.04 Å². The SMILES string of the molecule is Cc1ccccc1CC(N)Cc1cc(Cl)ccc1F. The normalized spacial score (nSPS) is 12.4. The summed E-state index contributed by atoms with van der Waals surface area (Å²) in [7, 11) is 0. The Morgan fingerprint density at radius 2 is 1.79 bits per heavy atom. The summed E-state index contributed by atoms with van der Waals surface area (Å²) in [6.45, 7) is 2.06. The monoisotopic (exact) mass is 277 g/mol. The van der Waals surface area contributed by atoms with Crippen molar-refractivity contribution in [3.05, 3.63) is 70.0 Å². The van der Waals surface area contributed by atoms with Gasteiger partial charge < -0.3 is 5.73 Å². The Hall–Kier alpha value is -1.38. The van der Waals surface area contributed by atoms with E-state index < -0.39 is 0 Å². The second-order valence-corrected chi connectivity index (χ2v) is 5.27. The third kappa shape index (κ3) is 3.79. The molecule has 0 aromatic heterocycles. The molecule has 19 heavy (non-hydrogen) atoms. The van der Waals surface area contributed by atoms with Gasteiger partial charge in [-0.1, -0.05) is 35.9 Å². The maximum Gasteiger partial charge on any atom is 0.126 e. The van der Waals surface area contributed by atoms with Crippen LogP contribution in [0.3, 0.4) is 0 Å². The lowest BCUT2D eigenvalue weighted by molar-refractivity contribution is 0.583. The second-order valence-electron chi connectivity index (χ2n) is 4.83. The number of hydrogen-bond acceptors (Lipinski definition) is 1. The molecule has 0 heterocycles. The van der Waals surface area contributed by atoms with Gasteiger partial charge >= 0.3 is 0 Å². The second kappa shape index (κ2) is 6.18. The summed E-state index contributed by atoms with van der Waals surface area (Å²) >= 11 is 5.88. The minimum atomic E-state index is -0.246. The van der Waals surface area contributed by atoms with Crippen molar-refractivity contribution in [1.29, 1.82) is 0 Å². The van der Waals surface area contributed by atoms with Gasteiger partial charge in [-0.2, -0.15) is 0 Å². The fraction of sp³-hybridized carbons (Fsp3) is 0.250. The fourth-order valence-electron chi connectivity index (χ4n) is 2.18. The van der Waals surface area contributed by atoms with E-state index in [0.717, 1.165) is 6.42 Å². The molecule has 1 nitrogen and oxygen atoms in total. The number of benzene rings is 2. The molecular formula is C16H17ClFN. The molecule has 1 unspecified atom stereocenters. The molecule has 0 saturated heterocycles. The van der Waals surface area contributed by atoms with Crippen LogP contribution in [0.4, 0.5) is 4.39 Å². The van der Waals surface area contributed by atoms with Gasteiger partial charge in [0.25, 0.3) is 0 Å². The zero-order valence-corrected chi connectivity index (χ0v) is 11.6. The van der Waals surface area contributed by atoms with Crippen LogP contribution in [0.15, 0.2) is 42.5 Å². The van der Waals surface area contributed by atoms with Gasteiger partial charge in [-0.3, -0.25) is 0 Å². The highest BCUT2D eigenvalue weighted by Crippen LogP contribution is 2.17. The molecule has 2 N–H and O–H groups in total. The van der Waals surface area contributed by atoms with Crippen molar-refractivity contribution in [2.24, 2.45) is 5.73 Å². The fourth-order valence-corrected chi connectivity index (χ4v) is 2.37. The van der Waals surface area contributed by atoms with Gasteiger partial charge in [0, 0.05) is 11.1 Å². The van der Waals surface area contributed by atoms with Crippen molar-refractivity contribution in [3.63, 3.8) is 0 Å². The first kappa shape index (κ1) is 14.0. The standard InChI is InChI=1S/C16H17ClFN/c1-11-4-2-3-5-12(11)9-15(19)10-13-8-14(17)6-7-16(13)18/h2-8,15H,9-10,19H2,1H3. The zero-order chi connectivity index (χ0) is 13.8. The van der Waals surface area contributed by atoms with Gasteiger partial charge in [-0.25, -0.2) is 4.39 Å². The average Bonchev–Trinajstić information content (AvgIpc) is 2.37. The van der Waals surface area contributed by atoms with E-state index in [1.165, 1.54) is 17.2 Å². The lowest BCUT2D eigenvalue weighted by Crippen LogP contribution is -2.26. The van der Waals surface area contributed by atoms with Gasteiger partial charge in [0.2, 0.25) is 0 Å². The minimum Gasteiger partial charge on any atom is -0.327 e. The van der Waals surface area contributed by atoms with E-state index in [1.54, 1.807) is 12.1 Å². The molecule has 2 rings (SSSR count). The molecule has 2 aromatic rings. The van der Waals surface area contributed by atoms with Crippen LogP contribution in [0.5, 0.6) is 0 Å². The van der Waals surface area contributed by atoms with Crippen molar-refractivity contribution in [3.8, 4) is 0 Å². The number of rotatable bonds is 4. The lowest BCUT2D eigenvalue weighted by Gasteiger charge is -2.14. The summed E-state index contributed by atoms with van der Waals surface area (Å²) in [4.78, 5) is 0. The number of hydrogen-bond donors (Lipinski definition) is 1. The van der Waals surface area contributed by atoms with Gasteiger partial charge in [0.15, 0.2) is 0 Å². The minimum absolute atomic E-state index is 0.117. The predicted molar refractivity (Wildman–Crippen MR) is 78.0 cm³/mol. The third-order valence-corrected chi connectivity index (χ3v) is 3.47. The van der Waals surface area contributed by atoms with Crippen molar-refractivity contribution in [2.75, 3.05) is 0 Å². The summed E-state index contributed by atoms with van der Waals surface area (Å²) in [6.07, 6.45) is 1.22. The lowest BCUT2D eigenvalue weighted by atomic mass is 9.97. The zero-order valence-electron chi connectivity index (χ0n) is 10.9. The van der Waals surface area contributed by atoms with Crippen molar-refractivity contribution in [2.45, 2.75) is 25.8 Å². The van der Waals surface area contributed by atoms with E-state index in [0.29, 0.717) is 17.0 Å². The molecule has 0 fully saturated rings. The number of halogens is 2. The average molecular weight is 278 g/mol. The van der Waals surface area contributed by atoms with E-state index in [9.17, 15) is 4.39 Å². The van der Waals surface area contributed by atoms with Crippen LogP contribution in [0, 0.1) is 12.7 Å². The summed E-state index contributed by atoms with van der Waals surface area (Å²) in [5.74, 6) is -0.246. The molecule has 0 saturated carbocycles. The van der Waals surface area contributed by atoms with E-state index in [-0.39, 0.29) is 11.9 Å². The summed E-state index contributed by atoms with van der Waals surface area (Å²) in [5, 5.41) is 0.541. The highest BCUT2D eigenvalue weighted by atomic mass is 35.5. The highest BCUT2D eigenvalue weighted by Gasteiger charge is 2.10. The molecule has 0 radical (unpaired) electrons. The molecule has 3 heteroatoms. The topological polar surface area (TPSA) is 26.0 Å². The molecule has 100 valence electrons. The molecule has 0 aliphatic rings. The van der Waals surface area contributed by atoms with Gasteiger partial charge in [0.1, 0.15) is 5.82 Å². The molecule has 1 atom stereocenters. The maximum absolute atomic E-state index is 13.6. The third-order valence-electron chi connectivity index (χ3n) is 3.23. The van der Waals surface area contributed by atoms with E-state index in [1.807, 2.05) is 12.1 Å². The predicted octanol–water partition coefficient (Wildman–Crippen LogP) is 3.90. The molecule has 2 aromatic carbocycles. The van der Waals surface area contributed by atoms with Crippen LogP contribution in [0.1, 0.15) is 16.7 Å². The van der Waals surface area contributed by atoms with Crippen LogP contribution in [-0.2, 0) is 12.8 Å². The number of aryl methyl sites for hydroxylation is 1. The molecule has 0 spiro atoms. The van der Waals surface area contributed by atoms with Gasteiger partial charge in [-0.05, 0) is 54.7 Å². The summed E-state index contributed by atoms with van der Waals surface area (Å²) in [6, 6.07) is 12.6. The van der Waals surface area contributed by atoms with Crippen molar-refractivity contribution >= 4 is 11.6 Å². The first-order chi connectivity index (χ1) is 9.06. The molecule has 0 aliphatic carbocycles. The van der Waals surface area contributed by atoms with Crippen LogP contribution >= 0.6 is 11.6 Å². The van der Waals surface area contributed by atoms with E-state index >= 15 is 0 Å². The van der Waals surface area contributed by atoms with Crippen molar-refractivity contribution < 1.29 is 4.39 Å². The van der Waals surface area contributed by atoms with Crippen molar-refractivity contribution in [1.82, 2.24) is 0 Å². The Balaban J connectivity index is 2.07. The molecule has 0 aliphatic heterocycles. The quantitative estimate of drug-likeness (QED) is 0.901. The van der Waals surface area contributed by atoms with Gasteiger partial charge in [-0.15, -0.1) is 0 Å². The van der Waals surface area contributed by atoms with Gasteiger partial charge in [0.05, 0.1) is 0 Å². The largest absolute Gasteiger partial charge is 0.327 e. The molecule has 0 amide bonds. The van der Waals surface area contributed by atoms with E-state index in [4.69, 9.17) is 17.3 Å². The van der Waals surface area contributed by atoms with E-state index in [2.05, 4.69) is 19.1 Å². The smallest absolute Gasteiger partial charge is 0.126 e. The Morgan fingerprint density at radius 1 is 1.11 bits per heavy atom. The summed E-state index contributed by atoms with van der Waals surface area (Å²) < 4.78 is 13.6. The van der Waals surface area contributed by atoms with Crippen LogP contribution in [0.25, 0.3) is 0 Å². The maximum atomic E-state index is 13.6. The Labute approximate surface area is 118 Å². The number of nitrogens with two attached hydrogens (primary N) is 1. The first-order valence-corrected chi connectivity index (χ1v) is 6.68. The highest BCUT2D eigenvalue weighted by molar-refractivity contribution is 6.30. The summed E-state index contributed by atoms with van der Waals surface area (Å²) in [5.41, 5.74) is 9.11. The Morgan fingerprint density at radius 3 is 2.53 bits per heavy atom. The van der Waals surface area contributed by atoms with Crippen LogP contribution in [0.2, 0.25) is 5.02 Å².